The zero-order valence-electron chi connectivity index (χ0n) is 19.6. The van der Waals surface area contributed by atoms with Crippen LogP contribution in [0.4, 0.5) is 0 Å². The van der Waals surface area contributed by atoms with Crippen molar-refractivity contribution in [2.24, 2.45) is 5.41 Å². The molecular formula is C27H38N4O. The van der Waals surface area contributed by atoms with Gasteiger partial charge in [0.25, 0.3) is 0 Å². The molecule has 2 unspecified atom stereocenters. The minimum absolute atomic E-state index is 0.0889. The third kappa shape index (κ3) is 3.43. The van der Waals surface area contributed by atoms with Gasteiger partial charge in [-0.2, -0.15) is 5.10 Å². The molecule has 4 heterocycles. The molecule has 1 N–H and O–H groups in total. The molecule has 2 aliphatic heterocycles. The van der Waals surface area contributed by atoms with E-state index in [4.69, 9.17) is 14.8 Å². The Morgan fingerprint density at radius 3 is 2.69 bits per heavy atom. The van der Waals surface area contributed by atoms with Gasteiger partial charge >= 0.3 is 0 Å². The number of ether oxygens (including phenoxy) is 1. The lowest BCUT2D eigenvalue weighted by atomic mass is 9.65. The molecule has 1 spiro atoms. The third-order valence-electron chi connectivity index (χ3n) is 9.48. The highest BCUT2D eigenvalue weighted by molar-refractivity contribution is 5.21. The summed E-state index contributed by atoms with van der Waals surface area (Å²) >= 11 is 0. The summed E-state index contributed by atoms with van der Waals surface area (Å²) in [6.07, 6.45) is 17.6. The van der Waals surface area contributed by atoms with Gasteiger partial charge in [0.15, 0.2) is 0 Å². The molecule has 3 atom stereocenters. The molecule has 172 valence electrons. The number of hydrogen-bond donors (Lipinski definition) is 1. The Morgan fingerprint density at radius 1 is 1.06 bits per heavy atom. The summed E-state index contributed by atoms with van der Waals surface area (Å²) in [5.74, 6) is 0. The maximum Gasteiger partial charge on any atom is 0.0691 e. The standard InChI is InChI=1S/C27H38N4O/c1-25(9-6-10-25)24-19-21(22-8-16-30-31(22)24)28-17-13-26(23-7-2-5-15-29-23)14-18-32-27(20-26)11-3-4-12-27/h2,5,7-8,15-16,21,24,28H,3-4,6,9-14,17-20H2,1H3/t21?,24?,26-/m1/s1. The Morgan fingerprint density at radius 2 is 1.94 bits per heavy atom. The Labute approximate surface area is 192 Å². The van der Waals surface area contributed by atoms with Gasteiger partial charge in [0, 0.05) is 30.1 Å². The quantitative estimate of drug-likeness (QED) is 0.653. The van der Waals surface area contributed by atoms with Crippen molar-refractivity contribution in [3.63, 3.8) is 0 Å². The zero-order valence-corrected chi connectivity index (χ0v) is 19.6. The highest BCUT2D eigenvalue weighted by Crippen LogP contribution is 2.55. The first-order valence-corrected chi connectivity index (χ1v) is 12.9. The first-order valence-electron chi connectivity index (χ1n) is 12.9. The fourth-order valence-electron chi connectivity index (χ4n) is 7.42. The van der Waals surface area contributed by atoms with Crippen molar-refractivity contribution in [1.29, 1.82) is 0 Å². The zero-order chi connectivity index (χ0) is 21.7. The van der Waals surface area contributed by atoms with Crippen molar-refractivity contribution >= 4 is 0 Å². The molecule has 2 aliphatic carbocycles. The second-order valence-electron chi connectivity index (χ2n) is 11.4. The monoisotopic (exact) mass is 434 g/mol. The van der Waals surface area contributed by atoms with Gasteiger partial charge in [0.2, 0.25) is 0 Å². The average Bonchev–Trinajstić information content (AvgIpc) is 3.51. The van der Waals surface area contributed by atoms with Crippen molar-refractivity contribution in [2.45, 2.75) is 101 Å². The number of hydrogen-bond acceptors (Lipinski definition) is 4. The number of aromatic nitrogens is 3. The van der Waals surface area contributed by atoms with Gasteiger partial charge in [-0.3, -0.25) is 9.67 Å². The maximum absolute atomic E-state index is 6.43. The molecule has 3 fully saturated rings. The third-order valence-corrected chi connectivity index (χ3v) is 9.48. The van der Waals surface area contributed by atoms with E-state index in [1.165, 1.54) is 62.8 Å². The van der Waals surface area contributed by atoms with Crippen LogP contribution < -0.4 is 5.32 Å². The van der Waals surface area contributed by atoms with Crippen LogP contribution in [0.15, 0.2) is 36.7 Å². The van der Waals surface area contributed by atoms with E-state index in [1.54, 1.807) is 0 Å². The van der Waals surface area contributed by atoms with Crippen LogP contribution in [0.25, 0.3) is 0 Å². The number of pyridine rings is 1. The minimum atomic E-state index is 0.0889. The first-order chi connectivity index (χ1) is 15.6. The second-order valence-corrected chi connectivity index (χ2v) is 11.4. The molecule has 6 rings (SSSR count). The van der Waals surface area contributed by atoms with Crippen LogP contribution in [0.3, 0.4) is 0 Å². The number of fused-ring (bicyclic) bond motifs is 1. The molecule has 2 aromatic rings. The Balaban J connectivity index is 1.19. The molecule has 1 saturated heterocycles. The molecule has 5 heteroatoms. The topological polar surface area (TPSA) is 52.0 Å². The average molecular weight is 435 g/mol. The van der Waals surface area contributed by atoms with E-state index in [0.29, 0.717) is 17.5 Å². The summed E-state index contributed by atoms with van der Waals surface area (Å²) < 4.78 is 8.77. The lowest BCUT2D eigenvalue weighted by Crippen LogP contribution is -2.47. The largest absolute Gasteiger partial charge is 0.375 e. The van der Waals surface area contributed by atoms with Crippen molar-refractivity contribution in [1.82, 2.24) is 20.1 Å². The van der Waals surface area contributed by atoms with Gasteiger partial charge in [-0.15, -0.1) is 0 Å². The van der Waals surface area contributed by atoms with Gasteiger partial charge in [0.1, 0.15) is 0 Å². The highest BCUT2D eigenvalue weighted by Gasteiger charge is 2.49. The number of nitrogens with one attached hydrogen (secondary N) is 1. The smallest absolute Gasteiger partial charge is 0.0691 e. The summed E-state index contributed by atoms with van der Waals surface area (Å²) in [4.78, 5) is 4.87. The van der Waals surface area contributed by atoms with E-state index in [9.17, 15) is 0 Å². The predicted molar refractivity (Wildman–Crippen MR) is 125 cm³/mol. The summed E-state index contributed by atoms with van der Waals surface area (Å²) in [6, 6.07) is 9.66. The first kappa shape index (κ1) is 20.9. The van der Waals surface area contributed by atoms with Gasteiger partial charge in [-0.25, -0.2) is 0 Å². The molecule has 5 nitrogen and oxygen atoms in total. The molecule has 0 amide bonds. The van der Waals surface area contributed by atoms with Gasteiger partial charge in [0.05, 0.1) is 23.4 Å². The summed E-state index contributed by atoms with van der Waals surface area (Å²) in [5.41, 5.74) is 3.30. The SMILES string of the molecule is CC1(C2CC(NCC[C@@]3(c4ccccn4)CCOC4(CCCC4)C3)c3ccnn32)CCC1. The van der Waals surface area contributed by atoms with Crippen LogP contribution in [0.5, 0.6) is 0 Å². The lowest BCUT2D eigenvalue weighted by molar-refractivity contribution is -0.104. The van der Waals surface area contributed by atoms with Crippen LogP contribution in [0.2, 0.25) is 0 Å². The van der Waals surface area contributed by atoms with E-state index >= 15 is 0 Å². The molecular weight excluding hydrogens is 396 g/mol. The van der Waals surface area contributed by atoms with Gasteiger partial charge < -0.3 is 10.1 Å². The summed E-state index contributed by atoms with van der Waals surface area (Å²) in [7, 11) is 0. The maximum atomic E-state index is 6.43. The van der Waals surface area contributed by atoms with E-state index in [1.807, 2.05) is 18.5 Å². The van der Waals surface area contributed by atoms with Crippen LogP contribution in [0, 0.1) is 5.41 Å². The van der Waals surface area contributed by atoms with Crippen LogP contribution in [-0.2, 0) is 10.2 Å². The van der Waals surface area contributed by atoms with E-state index < -0.39 is 0 Å². The lowest BCUT2D eigenvalue weighted by Gasteiger charge is -2.46. The second kappa shape index (κ2) is 7.95. The van der Waals surface area contributed by atoms with Crippen molar-refractivity contribution in [3.8, 4) is 0 Å². The van der Waals surface area contributed by atoms with E-state index in [0.717, 1.165) is 32.4 Å². The summed E-state index contributed by atoms with van der Waals surface area (Å²) in [6.45, 7) is 4.35. The highest BCUT2D eigenvalue weighted by atomic mass is 16.5. The van der Waals surface area contributed by atoms with Crippen LogP contribution in [0.1, 0.15) is 101 Å². The molecule has 4 aliphatic rings. The Kier molecular flexibility index (Phi) is 5.18. The fraction of sp³-hybridized carbons (Fsp3) is 0.704. The van der Waals surface area contributed by atoms with E-state index in [-0.39, 0.29) is 11.0 Å². The predicted octanol–water partition coefficient (Wildman–Crippen LogP) is 5.50. The number of rotatable bonds is 6. The Bertz CT molecular complexity index is 930. The minimum Gasteiger partial charge on any atom is -0.375 e. The molecule has 0 radical (unpaired) electrons. The normalized spacial score (nSPS) is 32.7. The van der Waals surface area contributed by atoms with E-state index in [2.05, 4.69) is 35.1 Å². The van der Waals surface area contributed by atoms with Gasteiger partial charge in [-0.05, 0) is 81.5 Å². The summed E-state index contributed by atoms with van der Waals surface area (Å²) in [5, 5.41) is 8.70. The van der Waals surface area contributed by atoms with Crippen molar-refractivity contribution in [2.75, 3.05) is 13.2 Å². The van der Waals surface area contributed by atoms with Gasteiger partial charge in [-0.1, -0.05) is 32.3 Å². The number of nitrogens with zero attached hydrogens (tertiary/aromatic N) is 3. The molecule has 0 aromatic carbocycles. The van der Waals surface area contributed by atoms with Crippen LogP contribution >= 0.6 is 0 Å². The molecule has 2 saturated carbocycles. The van der Waals surface area contributed by atoms with Crippen molar-refractivity contribution in [3.05, 3.63) is 48.0 Å². The Hall–Kier alpha value is -1.72. The molecule has 0 bridgehead atoms. The molecule has 32 heavy (non-hydrogen) atoms. The van der Waals surface area contributed by atoms with Crippen LogP contribution in [-0.4, -0.2) is 33.5 Å². The van der Waals surface area contributed by atoms with Crippen molar-refractivity contribution < 1.29 is 4.74 Å². The molecule has 2 aromatic heterocycles. The fourth-order valence-corrected chi connectivity index (χ4v) is 7.42.